The maximum atomic E-state index is 14.1. The van der Waals surface area contributed by atoms with E-state index in [2.05, 4.69) is 36.6 Å². The van der Waals surface area contributed by atoms with Crippen LogP contribution in [0.15, 0.2) is 66.0 Å². The smallest absolute Gasteiger partial charge is 0.290 e. The molecule has 0 aliphatic heterocycles. The molecule has 1 heterocycles. The molecule has 1 fully saturated rings. The number of carbonyl (C=O) groups excluding carboxylic acids is 7. The Labute approximate surface area is 389 Å². The summed E-state index contributed by atoms with van der Waals surface area (Å²) in [6.45, 7) is 8.06. The quantitative estimate of drug-likeness (QED) is 0.0756. The van der Waals surface area contributed by atoms with E-state index in [-0.39, 0.29) is 41.7 Å². The fourth-order valence-corrected chi connectivity index (χ4v) is 8.89. The standard InChI is InChI=1S/C45H58Cl2N8O9S/c1-6-27(5)39(54-42(59)35(19-26(3)4)52-43(60)37-24-48-17-18-49-37)44(61)53-36(20-28-11-9-8-10-12-28)41(58)51-34(7-2)40(57)45(62)50-25-38(56)55-65(63,64)33-15-13-29(14-16-33)30-21-31(46)23-32(47)22-30/h13-18,21-24,26-28,34-36,39H,6-12,19-20,25H2,1-5H3,(H,50,62)(H,51,58)(H,52,60)(H,53,61)(H,54,59)(H,55,56). The Kier molecular flexibility index (Phi) is 19.8. The first-order valence-electron chi connectivity index (χ1n) is 21.7. The number of Topliss-reactive ketones (excluding diaryl/α,β-unsaturated/α-hetero) is 1. The summed E-state index contributed by atoms with van der Waals surface area (Å²) in [4.78, 5) is 102. The van der Waals surface area contributed by atoms with Crippen molar-refractivity contribution < 1.29 is 42.0 Å². The number of rotatable bonds is 22. The van der Waals surface area contributed by atoms with Gasteiger partial charge in [-0.05, 0) is 78.5 Å². The van der Waals surface area contributed by atoms with E-state index in [9.17, 15) is 42.0 Å². The molecular weight excluding hydrogens is 900 g/mol. The van der Waals surface area contributed by atoms with Crippen LogP contribution >= 0.6 is 23.2 Å². The number of hydrogen-bond donors (Lipinski definition) is 6. The molecule has 0 radical (unpaired) electrons. The van der Waals surface area contributed by atoms with Crippen LogP contribution in [0, 0.1) is 17.8 Å². The van der Waals surface area contributed by atoms with E-state index in [1.54, 1.807) is 32.0 Å². The molecule has 6 amide bonds. The minimum Gasteiger partial charge on any atom is -0.344 e. The highest BCUT2D eigenvalue weighted by molar-refractivity contribution is 7.90. The van der Waals surface area contributed by atoms with Gasteiger partial charge in [-0.25, -0.2) is 18.1 Å². The number of aromatic nitrogens is 2. The fraction of sp³-hybridized carbons (Fsp3) is 0.489. The lowest BCUT2D eigenvalue weighted by Crippen LogP contribution is -2.60. The number of amides is 6. The van der Waals surface area contributed by atoms with Crippen LogP contribution < -0.4 is 31.3 Å². The van der Waals surface area contributed by atoms with Crippen molar-refractivity contribution in [1.29, 1.82) is 0 Å². The van der Waals surface area contributed by atoms with E-state index < -0.39 is 87.9 Å². The maximum absolute atomic E-state index is 14.1. The van der Waals surface area contributed by atoms with Crippen LogP contribution in [-0.4, -0.2) is 90.3 Å². The van der Waals surface area contributed by atoms with E-state index in [1.165, 1.54) is 42.9 Å². The highest BCUT2D eigenvalue weighted by Crippen LogP contribution is 2.29. The third-order valence-corrected chi connectivity index (χ3v) is 13.0. The van der Waals surface area contributed by atoms with Gasteiger partial charge < -0.3 is 26.6 Å². The molecule has 5 atom stereocenters. The summed E-state index contributed by atoms with van der Waals surface area (Å²) < 4.78 is 27.8. The molecule has 2 aromatic carbocycles. The number of nitrogens with one attached hydrogen (secondary N) is 6. The number of hydrogen-bond acceptors (Lipinski definition) is 11. The summed E-state index contributed by atoms with van der Waals surface area (Å²) in [5.74, 6) is -6.42. The molecule has 0 bridgehead atoms. The number of ketones is 1. The molecule has 20 heteroatoms. The topological polar surface area (TPSA) is 252 Å². The second kappa shape index (κ2) is 24.7. The van der Waals surface area contributed by atoms with Gasteiger partial charge in [-0.2, -0.15) is 0 Å². The van der Waals surface area contributed by atoms with Crippen molar-refractivity contribution in [2.45, 2.75) is 121 Å². The van der Waals surface area contributed by atoms with Crippen LogP contribution in [0.2, 0.25) is 10.0 Å². The average molecular weight is 958 g/mol. The summed E-state index contributed by atoms with van der Waals surface area (Å²) in [7, 11) is -4.38. The third-order valence-electron chi connectivity index (χ3n) is 11.1. The summed E-state index contributed by atoms with van der Waals surface area (Å²) in [5, 5.41) is 13.8. The van der Waals surface area contributed by atoms with Crippen molar-refractivity contribution in [2.24, 2.45) is 17.8 Å². The van der Waals surface area contributed by atoms with E-state index in [0.717, 1.165) is 32.1 Å². The summed E-state index contributed by atoms with van der Waals surface area (Å²) in [5.41, 5.74) is 1.26. The van der Waals surface area contributed by atoms with Crippen molar-refractivity contribution in [3.63, 3.8) is 0 Å². The average Bonchev–Trinajstić information content (AvgIpc) is 3.28. The highest BCUT2D eigenvalue weighted by atomic mass is 35.5. The molecule has 65 heavy (non-hydrogen) atoms. The molecule has 4 rings (SSSR count). The zero-order valence-corrected chi connectivity index (χ0v) is 39.4. The second-order valence-corrected chi connectivity index (χ2v) is 19.2. The first-order valence-corrected chi connectivity index (χ1v) is 24.0. The van der Waals surface area contributed by atoms with Gasteiger partial charge >= 0.3 is 0 Å². The molecule has 0 saturated heterocycles. The number of benzene rings is 2. The first kappa shape index (κ1) is 52.2. The Morgan fingerprint density at radius 3 is 1.95 bits per heavy atom. The van der Waals surface area contributed by atoms with Gasteiger partial charge in [0, 0.05) is 22.4 Å². The normalized spacial score (nSPS) is 15.3. The van der Waals surface area contributed by atoms with Crippen molar-refractivity contribution in [2.75, 3.05) is 6.54 Å². The van der Waals surface area contributed by atoms with E-state index in [1.807, 2.05) is 25.5 Å². The van der Waals surface area contributed by atoms with Gasteiger partial charge in [0.1, 0.15) is 23.8 Å². The van der Waals surface area contributed by atoms with Crippen molar-refractivity contribution >= 4 is 74.5 Å². The Hall–Kier alpha value is -5.46. The lowest BCUT2D eigenvalue weighted by atomic mass is 9.84. The zero-order chi connectivity index (χ0) is 47.8. The molecule has 1 aromatic heterocycles. The number of carbonyl (C=O) groups is 7. The van der Waals surface area contributed by atoms with Crippen LogP contribution in [0.3, 0.4) is 0 Å². The van der Waals surface area contributed by atoms with Gasteiger partial charge in [0.15, 0.2) is 0 Å². The van der Waals surface area contributed by atoms with Crippen LogP contribution in [0.1, 0.15) is 103 Å². The monoisotopic (exact) mass is 956 g/mol. The largest absolute Gasteiger partial charge is 0.344 e. The van der Waals surface area contributed by atoms with Gasteiger partial charge in [0.25, 0.3) is 27.7 Å². The van der Waals surface area contributed by atoms with E-state index in [0.29, 0.717) is 27.6 Å². The Morgan fingerprint density at radius 1 is 0.738 bits per heavy atom. The third kappa shape index (κ3) is 15.9. The van der Waals surface area contributed by atoms with Crippen LogP contribution in [0.4, 0.5) is 0 Å². The molecule has 3 aromatic rings. The molecule has 1 aliphatic rings. The van der Waals surface area contributed by atoms with E-state index >= 15 is 0 Å². The summed E-state index contributed by atoms with van der Waals surface area (Å²) >= 11 is 12.2. The van der Waals surface area contributed by atoms with Gasteiger partial charge in [0.05, 0.1) is 23.7 Å². The van der Waals surface area contributed by atoms with Crippen LogP contribution in [0.25, 0.3) is 11.1 Å². The maximum Gasteiger partial charge on any atom is 0.290 e. The van der Waals surface area contributed by atoms with Crippen LogP contribution in [-0.2, 0) is 38.8 Å². The molecule has 6 N–H and O–H groups in total. The molecular formula is C45H58Cl2N8O9S. The Morgan fingerprint density at radius 2 is 1.37 bits per heavy atom. The first-order chi connectivity index (χ1) is 30.8. The lowest BCUT2D eigenvalue weighted by Gasteiger charge is -2.31. The number of sulfonamides is 1. The van der Waals surface area contributed by atoms with Crippen LogP contribution in [0.5, 0.6) is 0 Å². The van der Waals surface area contributed by atoms with Gasteiger partial charge in [-0.3, -0.25) is 38.5 Å². The highest BCUT2D eigenvalue weighted by Gasteiger charge is 2.36. The zero-order valence-electron chi connectivity index (χ0n) is 37.1. The van der Waals surface area contributed by atoms with Crippen molar-refractivity contribution in [1.82, 2.24) is 41.3 Å². The molecule has 17 nitrogen and oxygen atoms in total. The van der Waals surface area contributed by atoms with Gasteiger partial charge in [-0.15, -0.1) is 0 Å². The van der Waals surface area contributed by atoms with E-state index in [4.69, 9.17) is 23.2 Å². The minimum absolute atomic E-state index is 0.0142. The predicted octanol–water partition coefficient (Wildman–Crippen LogP) is 4.67. The lowest BCUT2D eigenvalue weighted by molar-refractivity contribution is -0.141. The van der Waals surface area contributed by atoms with Crippen molar-refractivity contribution in [3.05, 3.63) is 76.8 Å². The molecule has 0 spiro atoms. The molecule has 5 unspecified atom stereocenters. The fourth-order valence-electron chi connectivity index (χ4n) is 7.38. The summed E-state index contributed by atoms with van der Waals surface area (Å²) in [6, 6.07) is 5.74. The number of nitrogens with zero attached hydrogens (tertiary/aromatic N) is 2. The molecule has 352 valence electrons. The van der Waals surface area contributed by atoms with Gasteiger partial charge in [0.2, 0.25) is 23.5 Å². The second-order valence-electron chi connectivity index (χ2n) is 16.6. The Bertz CT molecular complexity index is 2260. The van der Waals surface area contributed by atoms with Crippen molar-refractivity contribution in [3.8, 4) is 11.1 Å². The predicted molar refractivity (Wildman–Crippen MR) is 245 cm³/mol. The van der Waals surface area contributed by atoms with Gasteiger partial charge in [-0.1, -0.05) is 108 Å². The molecule has 1 saturated carbocycles. The summed E-state index contributed by atoms with van der Waals surface area (Å²) in [6.07, 6.45) is 9.48. The minimum atomic E-state index is -4.38. The Balaban J connectivity index is 1.41. The molecule has 1 aliphatic carbocycles. The number of halogens is 2. The SMILES string of the molecule is CCC(NC(=O)C(CC1CCCCC1)NC(=O)C(NC(=O)C(CC(C)C)NC(=O)c1cnccn1)C(C)CC)C(=O)C(=O)NCC(=O)NS(=O)(=O)c1ccc(-c2cc(Cl)cc(Cl)c2)cc1.